The zero-order valence-corrected chi connectivity index (χ0v) is 12.2. The molecule has 5 nitrogen and oxygen atoms in total. The molecule has 1 aliphatic carbocycles. The minimum Gasteiger partial charge on any atom is -0.348 e. The number of rotatable bonds is 5. The van der Waals surface area contributed by atoms with Crippen molar-refractivity contribution in [1.29, 1.82) is 0 Å². The molecule has 0 saturated heterocycles. The second-order valence-corrected chi connectivity index (χ2v) is 4.95. The number of benzene rings is 1. The molecule has 0 radical (unpaired) electrons. The molecule has 0 spiro atoms. The first kappa shape index (κ1) is 16.5. The van der Waals surface area contributed by atoms with Gasteiger partial charge in [-0.1, -0.05) is 6.07 Å². The van der Waals surface area contributed by atoms with Crippen molar-refractivity contribution in [2.75, 3.05) is 11.9 Å². The Hall–Kier alpha value is -1.59. The number of anilines is 1. The number of hydrogen-bond acceptors (Lipinski definition) is 3. The molecular formula is C14H20ClN3O2. The third-order valence-electron chi connectivity index (χ3n) is 3.07. The molecule has 0 aliphatic heterocycles. The van der Waals surface area contributed by atoms with E-state index in [2.05, 4.69) is 10.6 Å². The highest BCUT2D eigenvalue weighted by Gasteiger charge is 2.29. The van der Waals surface area contributed by atoms with Crippen LogP contribution in [0.25, 0.3) is 0 Å². The third kappa shape index (κ3) is 4.51. The van der Waals surface area contributed by atoms with Gasteiger partial charge in [0.1, 0.15) is 0 Å². The Kier molecular flexibility index (Phi) is 5.98. The van der Waals surface area contributed by atoms with Crippen LogP contribution in [-0.2, 0) is 4.79 Å². The first-order valence-corrected chi connectivity index (χ1v) is 6.52. The third-order valence-corrected chi connectivity index (χ3v) is 3.07. The largest absolute Gasteiger partial charge is 0.348 e. The van der Waals surface area contributed by atoms with E-state index in [0.717, 1.165) is 12.8 Å². The first-order chi connectivity index (χ1) is 9.10. The molecule has 0 aromatic heterocycles. The van der Waals surface area contributed by atoms with Gasteiger partial charge in [-0.15, -0.1) is 12.4 Å². The Morgan fingerprint density at radius 2 is 2.10 bits per heavy atom. The van der Waals surface area contributed by atoms with Crippen LogP contribution in [0.1, 0.15) is 30.1 Å². The summed E-state index contributed by atoms with van der Waals surface area (Å²) in [7, 11) is 0. The molecule has 4 N–H and O–H groups in total. The van der Waals surface area contributed by atoms with Crippen LogP contribution in [0.2, 0.25) is 0 Å². The van der Waals surface area contributed by atoms with Crippen LogP contribution < -0.4 is 16.4 Å². The molecule has 1 aromatic rings. The average Bonchev–Trinajstić information content (AvgIpc) is 3.23. The van der Waals surface area contributed by atoms with Crippen LogP contribution >= 0.6 is 12.4 Å². The lowest BCUT2D eigenvalue weighted by molar-refractivity contribution is -0.117. The van der Waals surface area contributed by atoms with Gasteiger partial charge < -0.3 is 16.4 Å². The fourth-order valence-corrected chi connectivity index (χ4v) is 1.69. The molecule has 110 valence electrons. The molecule has 0 unspecified atom stereocenters. The van der Waals surface area contributed by atoms with Crippen molar-refractivity contribution in [3.05, 3.63) is 29.8 Å². The van der Waals surface area contributed by atoms with Crippen LogP contribution in [0.5, 0.6) is 0 Å². The summed E-state index contributed by atoms with van der Waals surface area (Å²) in [5.74, 6) is 0.00287. The Bertz CT molecular complexity index is 489. The topological polar surface area (TPSA) is 84.2 Å². The van der Waals surface area contributed by atoms with Gasteiger partial charge in [-0.3, -0.25) is 9.59 Å². The van der Waals surface area contributed by atoms with E-state index in [9.17, 15) is 9.59 Å². The molecule has 1 aromatic carbocycles. The summed E-state index contributed by atoms with van der Waals surface area (Å²) in [6.07, 6.45) is 1.92. The van der Waals surface area contributed by atoms with E-state index >= 15 is 0 Å². The fourth-order valence-electron chi connectivity index (χ4n) is 1.69. The fraction of sp³-hybridized carbons (Fsp3) is 0.429. The minimum absolute atomic E-state index is 0. The lowest BCUT2D eigenvalue weighted by Crippen LogP contribution is -2.37. The monoisotopic (exact) mass is 297 g/mol. The zero-order valence-electron chi connectivity index (χ0n) is 11.4. The second kappa shape index (κ2) is 7.26. The predicted octanol–water partition coefficient (Wildman–Crippen LogP) is 1.53. The summed E-state index contributed by atoms with van der Waals surface area (Å²) in [6.45, 7) is 2.24. The zero-order chi connectivity index (χ0) is 13.8. The Labute approximate surface area is 124 Å². The maximum atomic E-state index is 11.9. The molecule has 1 aliphatic rings. The maximum Gasteiger partial charge on any atom is 0.251 e. The summed E-state index contributed by atoms with van der Waals surface area (Å²) in [4.78, 5) is 23.6. The maximum absolute atomic E-state index is 11.9. The molecular weight excluding hydrogens is 278 g/mol. The smallest absolute Gasteiger partial charge is 0.251 e. The van der Waals surface area contributed by atoms with E-state index in [1.54, 1.807) is 24.3 Å². The van der Waals surface area contributed by atoms with Crippen LogP contribution in [0.4, 0.5) is 5.69 Å². The van der Waals surface area contributed by atoms with Crippen LogP contribution in [0, 0.1) is 5.92 Å². The average molecular weight is 298 g/mol. The Morgan fingerprint density at radius 1 is 1.40 bits per heavy atom. The van der Waals surface area contributed by atoms with Crippen molar-refractivity contribution < 1.29 is 9.59 Å². The van der Waals surface area contributed by atoms with Crippen molar-refractivity contribution in [2.45, 2.75) is 25.8 Å². The van der Waals surface area contributed by atoms with E-state index in [1.165, 1.54) is 0 Å². The quantitative estimate of drug-likeness (QED) is 0.770. The van der Waals surface area contributed by atoms with Gasteiger partial charge in [0, 0.05) is 29.8 Å². The summed E-state index contributed by atoms with van der Waals surface area (Å²) >= 11 is 0. The summed E-state index contributed by atoms with van der Waals surface area (Å²) in [5, 5.41) is 5.61. The number of carbonyl (C=O) groups is 2. The van der Waals surface area contributed by atoms with Gasteiger partial charge in [-0.2, -0.15) is 0 Å². The number of amides is 2. The van der Waals surface area contributed by atoms with Gasteiger partial charge in [0.05, 0.1) is 0 Å². The molecule has 20 heavy (non-hydrogen) atoms. The second-order valence-electron chi connectivity index (χ2n) is 4.95. The van der Waals surface area contributed by atoms with Gasteiger partial charge in [-0.05, 0) is 38.0 Å². The van der Waals surface area contributed by atoms with Crippen molar-refractivity contribution in [3.63, 3.8) is 0 Å². The number of nitrogens with one attached hydrogen (secondary N) is 2. The predicted molar refractivity (Wildman–Crippen MR) is 81.0 cm³/mol. The molecule has 1 saturated carbocycles. The summed E-state index contributed by atoms with van der Waals surface area (Å²) in [5.41, 5.74) is 6.64. The number of carbonyl (C=O) groups excluding carboxylic acids is 2. The minimum atomic E-state index is -0.180. The summed E-state index contributed by atoms with van der Waals surface area (Å²) in [6, 6.07) is 6.86. The van der Waals surface area contributed by atoms with Crippen molar-refractivity contribution in [2.24, 2.45) is 11.7 Å². The standard InChI is InChI=1S/C14H19N3O2.ClH/c1-9(8-15)16-14(19)11-3-2-4-12(7-11)17-13(18)10-5-6-10;/h2-4,7,9-10H,5-6,8,15H2,1H3,(H,16,19)(H,17,18);1H/t9-;/m0./s1. The van der Waals surface area contributed by atoms with Crippen molar-refractivity contribution in [1.82, 2.24) is 5.32 Å². The Balaban J connectivity index is 0.00000200. The van der Waals surface area contributed by atoms with E-state index in [1.807, 2.05) is 6.92 Å². The highest BCUT2D eigenvalue weighted by atomic mass is 35.5. The van der Waals surface area contributed by atoms with E-state index < -0.39 is 0 Å². The van der Waals surface area contributed by atoms with E-state index in [4.69, 9.17) is 5.73 Å². The number of nitrogens with two attached hydrogens (primary N) is 1. The van der Waals surface area contributed by atoms with Crippen molar-refractivity contribution in [3.8, 4) is 0 Å². The van der Waals surface area contributed by atoms with Gasteiger partial charge in [-0.25, -0.2) is 0 Å². The van der Waals surface area contributed by atoms with Crippen LogP contribution in [0.15, 0.2) is 24.3 Å². The summed E-state index contributed by atoms with van der Waals surface area (Å²) < 4.78 is 0. The molecule has 0 heterocycles. The van der Waals surface area contributed by atoms with Crippen LogP contribution in [0.3, 0.4) is 0 Å². The number of hydrogen-bond donors (Lipinski definition) is 3. The van der Waals surface area contributed by atoms with Gasteiger partial charge in [0.2, 0.25) is 5.91 Å². The molecule has 1 fully saturated rings. The van der Waals surface area contributed by atoms with Gasteiger partial charge >= 0.3 is 0 Å². The van der Waals surface area contributed by atoms with Gasteiger partial charge in [0.25, 0.3) is 5.91 Å². The first-order valence-electron chi connectivity index (χ1n) is 6.52. The SMILES string of the molecule is C[C@@H](CN)NC(=O)c1cccc(NC(=O)C2CC2)c1.Cl. The van der Waals surface area contributed by atoms with Crippen LogP contribution in [-0.4, -0.2) is 24.4 Å². The number of halogens is 1. The highest BCUT2D eigenvalue weighted by Crippen LogP contribution is 2.30. The normalized spacial score (nSPS) is 14.9. The van der Waals surface area contributed by atoms with E-state index in [0.29, 0.717) is 17.8 Å². The van der Waals surface area contributed by atoms with Gasteiger partial charge in [0.15, 0.2) is 0 Å². The molecule has 0 bridgehead atoms. The molecule has 2 rings (SSSR count). The lowest BCUT2D eigenvalue weighted by atomic mass is 10.1. The lowest BCUT2D eigenvalue weighted by Gasteiger charge is -2.12. The molecule has 6 heteroatoms. The highest BCUT2D eigenvalue weighted by molar-refractivity contribution is 5.98. The van der Waals surface area contributed by atoms with E-state index in [-0.39, 0.29) is 36.2 Å². The van der Waals surface area contributed by atoms with Crippen molar-refractivity contribution >= 4 is 29.9 Å². The molecule has 1 atom stereocenters. The Morgan fingerprint density at radius 3 is 2.70 bits per heavy atom. The molecule has 2 amide bonds.